The minimum absolute atomic E-state index is 0.612. The van der Waals surface area contributed by atoms with Gasteiger partial charge in [0, 0.05) is 30.5 Å². The fourth-order valence-corrected chi connectivity index (χ4v) is 2.50. The predicted octanol–water partition coefficient (Wildman–Crippen LogP) is 2.54. The average molecular weight is 219 g/mol. The molecule has 1 aromatic rings. The molecule has 88 valence electrons. The van der Waals surface area contributed by atoms with E-state index in [9.17, 15) is 0 Å². The van der Waals surface area contributed by atoms with E-state index in [1.54, 1.807) is 6.33 Å². The fraction of sp³-hybridized carbons (Fsp3) is 0.692. The highest BCUT2D eigenvalue weighted by molar-refractivity contribution is 5.01. The first-order valence-electron chi connectivity index (χ1n) is 6.33. The normalized spacial score (nSPS) is 19.6. The van der Waals surface area contributed by atoms with Crippen molar-refractivity contribution in [2.45, 2.75) is 51.6 Å². The van der Waals surface area contributed by atoms with Gasteiger partial charge in [0.1, 0.15) is 6.33 Å². The van der Waals surface area contributed by atoms with Crippen LogP contribution >= 0.6 is 0 Å². The van der Waals surface area contributed by atoms with Crippen molar-refractivity contribution in [3.8, 4) is 0 Å². The summed E-state index contributed by atoms with van der Waals surface area (Å²) in [5, 5.41) is 3.59. The van der Waals surface area contributed by atoms with Crippen LogP contribution in [0.15, 0.2) is 18.7 Å². The molecule has 1 atom stereocenters. The lowest BCUT2D eigenvalue weighted by molar-refractivity contribution is 0.280. The molecule has 1 aromatic heterocycles. The number of nitrogens with one attached hydrogen (secondary N) is 1. The Labute approximate surface area is 97.7 Å². The molecule has 0 amide bonds. The van der Waals surface area contributed by atoms with Crippen molar-refractivity contribution in [3.05, 3.63) is 24.3 Å². The average Bonchev–Trinajstić information content (AvgIpc) is 2.38. The lowest BCUT2D eigenvalue weighted by Gasteiger charge is -2.28. The summed E-state index contributed by atoms with van der Waals surface area (Å²) in [6.07, 6.45) is 12.4. The molecule has 0 aliphatic heterocycles. The third-order valence-electron chi connectivity index (χ3n) is 3.60. The second-order valence-corrected chi connectivity index (χ2v) is 4.81. The van der Waals surface area contributed by atoms with Gasteiger partial charge in [0.25, 0.3) is 0 Å². The van der Waals surface area contributed by atoms with Crippen LogP contribution in [0.25, 0.3) is 0 Å². The predicted molar refractivity (Wildman–Crippen MR) is 64.9 cm³/mol. The van der Waals surface area contributed by atoms with Crippen LogP contribution in [0.1, 0.15) is 44.6 Å². The molecule has 1 saturated carbocycles. The number of hydrogen-bond acceptors (Lipinski definition) is 3. The van der Waals surface area contributed by atoms with Gasteiger partial charge in [-0.3, -0.25) is 0 Å². The first kappa shape index (κ1) is 11.5. The van der Waals surface area contributed by atoms with Gasteiger partial charge in [-0.15, -0.1) is 0 Å². The summed E-state index contributed by atoms with van der Waals surface area (Å²) in [7, 11) is 0. The van der Waals surface area contributed by atoms with Crippen molar-refractivity contribution in [2.24, 2.45) is 5.92 Å². The van der Waals surface area contributed by atoms with E-state index in [0.717, 1.165) is 12.5 Å². The van der Waals surface area contributed by atoms with E-state index in [4.69, 9.17) is 0 Å². The van der Waals surface area contributed by atoms with Gasteiger partial charge in [0.15, 0.2) is 0 Å². The highest BCUT2D eigenvalue weighted by atomic mass is 14.9. The van der Waals surface area contributed by atoms with Gasteiger partial charge in [-0.2, -0.15) is 0 Å². The van der Waals surface area contributed by atoms with E-state index in [1.807, 2.05) is 12.4 Å². The Kier molecular flexibility index (Phi) is 4.28. The van der Waals surface area contributed by atoms with E-state index in [0.29, 0.717) is 6.04 Å². The largest absolute Gasteiger partial charge is 0.310 e. The quantitative estimate of drug-likeness (QED) is 0.845. The van der Waals surface area contributed by atoms with Crippen LogP contribution in [0.2, 0.25) is 0 Å². The molecule has 0 aromatic carbocycles. The Morgan fingerprint density at radius 1 is 1.25 bits per heavy atom. The first-order chi connectivity index (χ1) is 7.86. The lowest BCUT2D eigenvalue weighted by Crippen LogP contribution is -2.34. The van der Waals surface area contributed by atoms with E-state index in [1.165, 1.54) is 37.7 Å². The maximum atomic E-state index is 4.02. The molecule has 3 nitrogen and oxygen atoms in total. The number of hydrogen-bond donors (Lipinski definition) is 1. The molecule has 0 radical (unpaired) electrons. The number of nitrogens with zero attached hydrogens (tertiary/aromatic N) is 2. The zero-order valence-electron chi connectivity index (χ0n) is 10.0. The van der Waals surface area contributed by atoms with Crippen molar-refractivity contribution < 1.29 is 0 Å². The fourth-order valence-electron chi connectivity index (χ4n) is 2.50. The molecule has 1 heterocycles. The van der Waals surface area contributed by atoms with Crippen molar-refractivity contribution in [1.82, 2.24) is 15.3 Å². The standard InChI is InChI=1S/C13H21N3/c1-11(13-5-3-2-4-6-13)16-9-12-7-14-10-15-8-12/h7-8,10-11,13,16H,2-6,9H2,1H3/t11-/m0/s1. The van der Waals surface area contributed by atoms with Crippen LogP contribution in [-0.2, 0) is 6.54 Å². The van der Waals surface area contributed by atoms with Gasteiger partial charge in [0.2, 0.25) is 0 Å². The molecule has 0 bridgehead atoms. The molecule has 3 heteroatoms. The van der Waals surface area contributed by atoms with E-state index >= 15 is 0 Å². The van der Waals surface area contributed by atoms with Crippen molar-refractivity contribution in [3.63, 3.8) is 0 Å². The molecule has 1 aliphatic carbocycles. The highest BCUT2D eigenvalue weighted by Gasteiger charge is 2.19. The van der Waals surface area contributed by atoms with E-state index in [2.05, 4.69) is 22.2 Å². The smallest absolute Gasteiger partial charge is 0.115 e. The molecule has 1 aliphatic rings. The van der Waals surface area contributed by atoms with Crippen molar-refractivity contribution in [2.75, 3.05) is 0 Å². The second-order valence-electron chi connectivity index (χ2n) is 4.81. The molecule has 16 heavy (non-hydrogen) atoms. The highest BCUT2D eigenvalue weighted by Crippen LogP contribution is 2.26. The molecule has 0 saturated heterocycles. The zero-order valence-corrected chi connectivity index (χ0v) is 10.0. The Morgan fingerprint density at radius 2 is 1.94 bits per heavy atom. The van der Waals surface area contributed by atoms with Crippen LogP contribution in [0, 0.1) is 5.92 Å². The number of aromatic nitrogens is 2. The van der Waals surface area contributed by atoms with Crippen LogP contribution in [0.4, 0.5) is 0 Å². The maximum Gasteiger partial charge on any atom is 0.115 e. The molecule has 1 N–H and O–H groups in total. The van der Waals surface area contributed by atoms with Crippen molar-refractivity contribution in [1.29, 1.82) is 0 Å². The van der Waals surface area contributed by atoms with Gasteiger partial charge < -0.3 is 5.32 Å². The minimum atomic E-state index is 0.612. The monoisotopic (exact) mass is 219 g/mol. The molecule has 2 rings (SSSR count). The summed E-state index contributed by atoms with van der Waals surface area (Å²) in [4.78, 5) is 8.05. The summed E-state index contributed by atoms with van der Waals surface area (Å²) in [6, 6.07) is 0.612. The third-order valence-corrected chi connectivity index (χ3v) is 3.60. The number of rotatable bonds is 4. The van der Waals surface area contributed by atoms with Gasteiger partial charge in [0.05, 0.1) is 0 Å². The Hall–Kier alpha value is -0.960. The van der Waals surface area contributed by atoms with Gasteiger partial charge in [-0.1, -0.05) is 19.3 Å². The summed E-state index contributed by atoms with van der Waals surface area (Å²) in [5.74, 6) is 0.860. The first-order valence-corrected chi connectivity index (χ1v) is 6.33. The van der Waals surface area contributed by atoms with Crippen LogP contribution in [0.3, 0.4) is 0 Å². The summed E-state index contributed by atoms with van der Waals surface area (Å²) in [6.45, 7) is 3.19. The van der Waals surface area contributed by atoms with Crippen LogP contribution in [0.5, 0.6) is 0 Å². The molecule has 0 unspecified atom stereocenters. The SMILES string of the molecule is C[C@H](NCc1cncnc1)C1CCCCC1. The molecule has 1 fully saturated rings. The molecular formula is C13H21N3. The van der Waals surface area contributed by atoms with Gasteiger partial charge in [-0.05, 0) is 25.7 Å². The zero-order chi connectivity index (χ0) is 11.2. The summed E-state index contributed by atoms with van der Waals surface area (Å²) in [5.41, 5.74) is 1.17. The van der Waals surface area contributed by atoms with Gasteiger partial charge in [-0.25, -0.2) is 9.97 Å². The van der Waals surface area contributed by atoms with Crippen LogP contribution < -0.4 is 5.32 Å². The minimum Gasteiger partial charge on any atom is -0.310 e. The second kappa shape index (κ2) is 5.94. The van der Waals surface area contributed by atoms with Gasteiger partial charge >= 0.3 is 0 Å². The molecular weight excluding hydrogens is 198 g/mol. The Morgan fingerprint density at radius 3 is 2.62 bits per heavy atom. The lowest BCUT2D eigenvalue weighted by atomic mass is 9.84. The topological polar surface area (TPSA) is 37.8 Å². The molecule has 0 spiro atoms. The Bertz CT molecular complexity index is 293. The van der Waals surface area contributed by atoms with Crippen LogP contribution in [-0.4, -0.2) is 16.0 Å². The van der Waals surface area contributed by atoms with E-state index < -0.39 is 0 Å². The summed E-state index contributed by atoms with van der Waals surface area (Å²) < 4.78 is 0. The van der Waals surface area contributed by atoms with Crippen molar-refractivity contribution >= 4 is 0 Å². The maximum absolute atomic E-state index is 4.02. The Balaban J connectivity index is 1.76. The summed E-state index contributed by atoms with van der Waals surface area (Å²) >= 11 is 0. The third kappa shape index (κ3) is 3.27. The van der Waals surface area contributed by atoms with E-state index in [-0.39, 0.29) is 0 Å².